The third-order valence-corrected chi connectivity index (χ3v) is 5.21. The number of pyridine rings is 1. The maximum Gasteiger partial charge on any atom is 0.433 e. The van der Waals surface area contributed by atoms with Gasteiger partial charge in [0.25, 0.3) is 0 Å². The van der Waals surface area contributed by atoms with E-state index in [0.29, 0.717) is 17.8 Å². The Labute approximate surface area is 159 Å². The molecule has 150 valence electrons. The second kappa shape index (κ2) is 7.47. The zero-order chi connectivity index (χ0) is 19.7. The highest BCUT2D eigenvalue weighted by Crippen LogP contribution is 2.36. The highest BCUT2D eigenvalue weighted by molar-refractivity contribution is 5.33. The first-order chi connectivity index (χ1) is 13.4. The highest BCUT2D eigenvalue weighted by Gasteiger charge is 2.35. The number of nitrogen functional groups attached to an aromatic ring is 1. The number of halogens is 3. The number of anilines is 2. The fraction of sp³-hybridized carbons (Fsp3) is 0.529. The second-order valence-electron chi connectivity index (χ2n) is 7.14. The molecule has 0 aromatic carbocycles. The predicted octanol–water partition coefficient (Wildman–Crippen LogP) is 1.84. The molecule has 11 heteroatoms. The monoisotopic (exact) mass is 394 g/mol. The molecule has 4 rings (SSSR count). The van der Waals surface area contributed by atoms with E-state index in [0.717, 1.165) is 31.9 Å². The van der Waals surface area contributed by atoms with E-state index < -0.39 is 11.9 Å². The number of alkyl halides is 3. The summed E-state index contributed by atoms with van der Waals surface area (Å²) in [6, 6.07) is 4.14. The number of hydrogen-bond donors (Lipinski definition) is 4. The number of fused-ring (bicyclic) bond motifs is 1. The van der Waals surface area contributed by atoms with Crippen LogP contribution in [0, 0.1) is 5.92 Å². The smallest absolute Gasteiger partial charge is 0.368 e. The van der Waals surface area contributed by atoms with E-state index in [4.69, 9.17) is 5.73 Å². The molecule has 8 nitrogen and oxygen atoms in total. The van der Waals surface area contributed by atoms with Crippen LogP contribution < -0.4 is 21.9 Å². The van der Waals surface area contributed by atoms with Crippen LogP contribution in [0.4, 0.5) is 25.1 Å². The lowest BCUT2D eigenvalue weighted by molar-refractivity contribution is -0.141. The summed E-state index contributed by atoms with van der Waals surface area (Å²) in [5, 5.41) is 2.91. The van der Waals surface area contributed by atoms with E-state index >= 15 is 0 Å². The second-order valence-corrected chi connectivity index (χ2v) is 7.14. The van der Waals surface area contributed by atoms with Gasteiger partial charge in [0.2, 0.25) is 11.9 Å². The Bertz CT molecular complexity index is 843. The third-order valence-electron chi connectivity index (χ3n) is 5.21. The molecule has 0 bridgehead atoms. The van der Waals surface area contributed by atoms with Crippen LogP contribution in [0.1, 0.15) is 42.4 Å². The number of hydrogen-bond acceptors (Lipinski definition) is 8. The van der Waals surface area contributed by atoms with Crippen molar-refractivity contribution in [3.05, 3.63) is 35.4 Å². The van der Waals surface area contributed by atoms with Crippen molar-refractivity contribution in [2.75, 3.05) is 17.6 Å². The Kier molecular flexibility index (Phi) is 5.02. The van der Waals surface area contributed by atoms with Crippen molar-refractivity contribution in [2.45, 2.75) is 43.9 Å². The first-order valence-corrected chi connectivity index (χ1v) is 9.15. The normalized spacial score (nSPS) is 24.8. The van der Waals surface area contributed by atoms with Crippen molar-refractivity contribution < 1.29 is 13.2 Å². The maximum atomic E-state index is 12.8. The molecule has 5 N–H and O–H groups in total. The van der Waals surface area contributed by atoms with Crippen LogP contribution in [-0.2, 0) is 12.7 Å². The molecule has 1 saturated heterocycles. The van der Waals surface area contributed by atoms with Crippen LogP contribution in [0.15, 0.2) is 18.2 Å². The number of nitrogens with zero attached hydrogens (tertiary/aromatic N) is 4. The Morgan fingerprint density at radius 1 is 1.14 bits per heavy atom. The van der Waals surface area contributed by atoms with Crippen molar-refractivity contribution in [1.82, 2.24) is 30.8 Å². The van der Waals surface area contributed by atoms with Gasteiger partial charge in [-0.1, -0.05) is 6.07 Å². The highest BCUT2D eigenvalue weighted by atomic mass is 19.4. The summed E-state index contributed by atoms with van der Waals surface area (Å²) in [6.07, 6.45) is -1.56. The van der Waals surface area contributed by atoms with Crippen molar-refractivity contribution >= 4 is 11.9 Å². The van der Waals surface area contributed by atoms with E-state index in [1.54, 1.807) is 0 Å². The van der Waals surface area contributed by atoms with Crippen LogP contribution in [0.25, 0.3) is 0 Å². The minimum Gasteiger partial charge on any atom is -0.368 e. The molecule has 0 spiro atoms. The molecule has 1 aliphatic carbocycles. The van der Waals surface area contributed by atoms with Gasteiger partial charge in [-0.2, -0.15) is 28.1 Å². The fourth-order valence-electron chi connectivity index (χ4n) is 3.79. The first kappa shape index (κ1) is 18.8. The van der Waals surface area contributed by atoms with Gasteiger partial charge in [0.15, 0.2) is 0 Å². The molecule has 1 saturated carbocycles. The van der Waals surface area contributed by atoms with E-state index in [1.807, 2.05) is 0 Å². The minimum atomic E-state index is -4.48. The minimum absolute atomic E-state index is 0.0493. The van der Waals surface area contributed by atoms with Gasteiger partial charge in [0.1, 0.15) is 11.5 Å². The van der Waals surface area contributed by atoms with Crippen molar-refractivity contribution in [1.29, 1.82) is 0 Å². The summed E-state index contributed by atoms with van der Waals surface area (Å²) in [7, 11) is 0. The lowest BCUT2D eigenvalue weighted by Gasteiger charge is -2.29. The zero-order valence-corrected chi connectivity index (χ0v) is 15.0. The quantitative estimate of drug-likeness (QED) is 0.621. The Morgan fingerprint density at radius 2 is 2.00 bits per heavy atom. The summed E-state index contributed by atoms with van der Waals surface area (Å²) in [5.41, 5.74) is 11.6. The van der Waals surface area contributed by atoms with Gasteiger partial charge in [-0.15, -0.1) is 0 Å². The number of hydrazine groups is 1. The molecular weight excluding hydrogens is 373 g/mol. The van der Waals surface area contributed by atoms with E-state index in [-0.39, 0.29) is 30.1 Å². The zero-order valence-electron chi connectivity index (χ0n) is 15.0. The predicted molar refractivity (Wildman–Crippen MR) is 95.8 cm³/mol. The molecule has 3 heterocycles. The molecule has 2 aliphatic rings. The third kappa shape index (κ3) is 4.14. The summed E-state index contributed by atoms with van der Waals surface area (Å²) < 4.78 is 38.4. The van der Waals surface area contributed by atoms with Gasteiger partial charge in [-0.25, -0.2) is 4.98 Å². The topological polar surface area (TPSA) is 114 Å². The fourth-order valence-corrected chi connectivity index (χ4v) is 3.79. The van der Waals surface area contributed by atoms with Crippen molar-refractivity contribution in [2.24, 2.45) is 5.92 Å². The molecule has 2 aromatic heterocycles. The van der Waals surface area contributed by atoms with Crippen LogP contribution >= 0.6 is 0 Å². The molecule has 1 aliphatic heterocycles. The lowest BCUT2D eigenvalue weighted by Crippen LogP contribution is -2.36. The molecule has 0 radical (unpaired) electrons. The number of rotatable bonds is 4. The standard InChI is InChI=1S/C17H21F3N8/c18-17(19,20)13-3-1-2-11(24-13)8-22-16-26-14(25-15(21)27-16)9-4-5-10-7-23-28-12(10)6-9/h1-3,9-10,12,23,28H,4-8H2,(H3,21,22,25,26,27). The first-order valence-electron chi connectivity index (χ1n) is 9.15. The van der Waals surface area contributed by atoms with E-state index in [1.165, 1.54) is 12.1 Å². The molecule has 2 fully saturated rings. The average Bonchev–Trinajstić information content (AvgIpc) is 3.13. The number of nitrogens with two attached hydrogens (primary N) is 1. The SMILES string of the molecule is Nc1nc(NCc2cccc(C(F)(F)F)n2)nc(C2CCC3CNNC3C2)n1. The average molecular weight is 394 g/mol. The summed E-state index contributed by atoms with van der Waals surface area (Å²) in [6.45, 7) is 1.02. The summed E-state index contributed by atoms with van der Waals surface area (Å²) in [5.74, 6) is 1.70. The Balaban J connectivity index is 1.46. The molecule has 3 atom stereocenters. The molecule has 28 heavy (non-hydrogen) atoms. The van der Waals surface area contributed by atoms with E-state index in [9.17, 15) is 13.2 Å². The summed E-state index contributed by atoms with van der Waals surface area (Å²) in [4.78, 5) is 16.4. The largest absolute Gasteiger partial charge is 0.433 e. The van der Waals surface area contributed by atoms with Crippen molar-refractivity contribution in [3.8, 4) is 0 Å². The molecular formula is C17H21F3N8. The van der Waals surface area contributed by atoms with Crippen LogP contribution in [-0.4, -0.2) is 32.5 Å². The maximum absolute atomic E-state index is 12.8. The number of nitrogens with one attached hydrogen (secondary N) is 3. The lowest BCUT2D eigenvalue weighted by atomic mass is 9.79. The molecule has 2 aromatic rings. The van der Waals surface area contributed by atoms with Gasteiger partial charge in [-0.05, 0) is 37.3 Å². The molecule has 3 unspecified atom stereocenters. The van der Waals surface area contributed by atoms with E-state index in [2.05, 4.69) is 36.1 Å². The Hall–Kier alpha value is -2.53. The van der Waals surface area contributed by atoms with Crippen LogP contribution in [0.2, 0.25) is 0 Å². The van der Waals surface area contributed by atoms with Gasteiger partial charge >= 0.3 is 6.18 Å². The van der Waals surface area contributed by atoms with Gasteiger partial charge in [0, 0.05) is 18.5 Å². The molecule has 0 amide bonds. The van der Waals surface area contributed by atoms with Crippen LogP contribution in [0.5, 0.6) is 0 Å². The van der Waals surface area contributed by atoms with Gasteiger partial charge in [-0.3, -0.25) is 10.9 Å². The van der Waals surface area contributed by atoms with Gasteiger partial charge in [0.05, 0.1) is 12.2 Å². The van der Waals surface area contributed by atoms with Crippen molar-refractivity contribution in [3.63, 3.8) is 0 Å². The Morgan fingerprint density at radius 3 is 2.82 bits per heavy atom. The van der Waals surface area contributed by atoms with Gasteiger partial charge < -0.3 is 11.1 Å². The van der Waals surface area contributed by atoms with Crippen LogP contribution in [0.3, 0.4) is 0 Å². The summed E-state index contributed by atoms with van der Waals surface area (Å²) >= 11 is 0. The number of aromatic nitrogens is 4.